The van der Waals surface area contributed by atoms with Gasteiger partial charge in [0, 0.05) is 17.6 Å². The second-order valence-electron chi connectivity index (χ2n) is 5.60. The summed E-state index contributed by atoms with van der Waals surface area (Å²) in [5, 5.41) is 2.84. The molecule has 0 saturated carbocycles. The molecule has 0 bridgehead atoms. The predicted octanol–water partition coefficient (Wildman–Crippen LogP) is 2.79. The lowest BCUT2D eigenvalue weighted by molar-refractivity contribution is -0.123. The van der Waals surface area contributed by atoms with Gasteiger partial charge >= 0.3 is 0 Å². The molecule has 20 heavy (non-hydrogen) atoms. The molecule has 5 nitrogen and oxygen atoms in total. The van der Waals surface area contributed by atoms with E-state index in [1.54, 1.807) is 6.20 Å². The Morgan fingerprint density at radius 3 is 2.60 bits per heavy atom. The number of rotatable bonds is 6. The average Bonchev–Trinajstić information content (AvgIpc) is 2.35. The van der Waals surface area contributed by atoms with Crippen molar-refractivity contribution in [3.8, 4) is 5.88 Å². The Balaban J connectivity index is 2.61. The van der Waals surface area contributed by atoms with Gasteiger partial charge in [-0.05, 0) is 19.9 Å². The fourth-order valence-corrected chi connectivity index (χ4v) is 1.44. The minimum Gasteiger partial charge on any atom is -0.475 e. The number of carbonyl (C=O) groups excluding carboxylic acids is 1. The Kier molecular flexibility index (Phi) is 5.95. The summed E-state index contributed by atoms with van der Waals surface area (Å²) in [7, 11) is 0. The summed E-state index contributed by atoms with van der Waals surface area (Å²) >= 11 is 0. The topological polar surface area (TPSA) is 60.5 Å². The van der Waals surface area contributed by atoms with E-state index in [2.05, 4.69) is 10.3 Å². The molecule has 1 aromatic rings. The van der Waals surface area contributed by atoms with Crippen LogP contribution in [-0.4, -0.2) is 30.7 Å². The Morgan fingerprint density at radius 1 is 1.35 bits per heavy atom. The number of aryl methyl sites for hydroxylation is 1. The van der Waals surface area contributed by atoms with Crippen LogP contribution in [0.15, 0.2) is 12.3 Å². The Hall–Kier alpha value is -1.62. The zero-order chi connectivity index (χ0) is 15.2. The molecule has 0 unspecified atom stereocenters. The van der Waals surface area contributed by atoms with Crippen molar-refractivity contribution in [1.29, 1.82) is 0 Å². The van der Waals surface area contributed by atoms with Crippen LogP contribution in [0.25, 0.3) is 0 Å². The highest BCUT2D eigenvalue weighted by Crippen LogP contribution is 2.21. The maximum absolute atomic E-state index is 11.9. The van der Waals surface area contributed by atoms with E-state index in [0.29, 0.717) is 31.4 Å². The van der Waals surface area contributed by atoms with Gasteiger partial charge in [-0.2, -0.15) is 0 Å². The first kappa shape index (κ1) is 16.4. The van der Waals surface area contributed by atoms with E-state index in [9.17, 15) is 4.79 Å². The number of hydrogen-bond acceptors (Lipinski definition) is 4. The molecule has 0 saturated heterocycles. The first-order chi connectivity index (χ1) is 9.34. The van der Waals surface area contributed by atoms with Crippen molar-refractivity contribution in [2.24, 2.45) is 5.41 Å². The summed E-state index contributed by atoms with van der Waals surface area (Å²) in [5.41, 5.74) is 1.13. The van der Waals surface area contributed by atoms with Crippen molar-refractivity contribution in [3.63, 3.8) is 0 Å². The molecule has 0 fully saturated rings. The molecule has 1 rings (SSSR count). The SMILES string of the molecule is CCOCCOc1ncc(NC(=O)C(C)(C)C)cc1C. The van der Waals surface area contributed by atoms with Gasteiger partial charge in [0.2, 0.25) is 11.8 Å². The molecule has 1 aromatic heterocycles. The molecule has 5 heteroatoms. The lowest BCUT2D eigenvalue weighted by atomic mass is 9.95. The number of nitrogens with one attached hydrogen (secondary N) is 1. The lowest BCUT2D eigenvalue weighted by Gasteiger charge is -2.18. The molecule has 0 aliphatic carbocycles. The summed E-state index contributed by atoms with van der Waals surface area (Å²) in [6, 6.07) is 1.85. The van der Waals surface area contributed by atoms with Gasteiger partial charge in [0.1, 0.15) is 6.61 Å². The molecule has 112 valence electrons. The van der Waals surface area contributed by atoms with Crippen LogP contribution in [0.4, 0.5) is 5.69 Å². The van der Waals surface area contributed by atoms with Crippen LogP contribution in [0, 0.1) is 12.3 Å². The van der Waals surface area contributed by atoms with Crippen molar-refractivity contribution in [1.82, 2.24) is 4.98 Å². The second kappa shape index (κ2) is 7.24. The third kappa shape index (κ3) is 5.17. The quantitative estimate of drug-likeness (QED) is 0.814. The molecular weight excluding hydrogens is 256 g/mol. The highest BCUT2D eigenvalue weighted by Gasteiger charge is 2.21. The van der Waals surface area contributed by atoms with E-state index in [1.807, 2.05) is 40.7 Å². The monoisotopic (exact) mass is 280 g/mol. The van der Waals surface area contributed by atoms with Crippen LogP contribution in [-0.2, 0) is 9.53 Å². The van der Waals surface area contributed by atoms with Crippen LogP contribution in [0.5, 0.6) is 5.88 Å². The Morgan fingerprint density at radius 2 is 2.05 bits per heavy atom. The summed E-state index contributed by atoms with van der Waals surface area (Å²) in [6.07, 6.45) is 1.60. The maximum atomic E-state index is 11.9. The van der Waals surface area contributed by atoms with E-state index in [4.69, 9.17) is 9.47 Å². The first-order valence-electron chi connectivity index (χ1n) is 6.83. The van der Waals surface area contributed by atoms with Gasteiger partial charge in [-0.1, -0.05) is 20.8 Å². The van der Waals surface area contributed by atoms with Gasteiger partial charge in [0.05, 0.1) is 18.5 Å². The van der Waals surface area contributed by atoms with Gasteiger partial charge in [0.15, 0.2) is 0 Å². The van der Waals surface area contributed by atoms with Gasteiger partial charge in [-0.25, -0.2) is 4.98 Å². The lowest BCUT2D eigenvalue weighted by Crippen LogP contribution is -2.27. The van der Waals surface area contributed by atoms with Crippen LogP contribution in [0.2, 0.25) is 0 Å². The van der Waals surface area contributed by atoms with Crippen molar-refractivity contribution in [3.05, 3.63) is 17.8 Å². The van der Waals surface area contributed by atoms with Gasteiger partial charge in [-0.3, -0.25) is 4.79 Å². The molecule has 1 N–H and O–H groups in total. The number of carbonyl (C=O) groups is 1. The van der Waals surface area contributed by atoms with Crippen molar-refractivity contribution < 1.29 is 14.3 Å². The van der Waals surface area contributed by atoms with E-state index in [1.165, 1.54) is 0 Å². The van der Waals surface area contributed by atoms with Crippen LogP contribution >= 0.6 is 0 Å². The molecule has 0 aromatic carbocycles. The zero-order valence-electron chi connectivity index (χ0n) is 12.9. The van der Waals surface area contributed by atoms with Crippen molar-refractivity contribution >= 4 is 11.6 Å². The van der Waals surface area contributed by atoms with Gasteiger partial charge < -0.3 is 14.8 Å². The van der Waals surface area contributed by atoms with Crippen molar-refractivity contribution in [2.75, 3.05) is 25.1 Å². The van der Waals surface area contributed by atoms with E-state index < -0.39 is 5.41 Å². The number of aromatic nitrogens is 1. The number of hydrogen-bond donors (Lipinski definition) is 1. The smallest absolute Gasteiger partial charge is 0.229 e. The second-order valence-corrected chi connectivity index (χ2v) is 5.60. The molecule has 0 radical (unpaired) electrons. The van der Waals surface area contributed by atoms with Crippen LogP contribution in [0.3, 0.4) is 0 Å². The summed E-state index contributed by atoms with van der Waals surface area (Å²) in [4.78, 5) is 16.1. The van der Waals surface area contributed by atoms with E-state index in [0.717, 1.165) is 5.56 Å². The third-order valence-electron chi connectivity index (χ3n) is 2.64. The summed E-state index contributed by atoms with van der Waals surface area (Å²) < 4.78 is 10.7. The number of amides is 1. The summed E-state index contributed by atoms with van der Waals surface area (Å²) in [6.45, 7) is 11.1. The summed E-state index contributed by atoms with van der Waals surface area (Å²) in [5.74, 6) is 0.530. The molecule has 0 spiro atoms. The van der Waals surface area contributed by atoms with Crippen molar-refractivity contribution in [2.45, 2.75) is 34.6 Å². The van der Waals surface area contributed by atoms with E-state index in [-0.39, 0.29) is 5.91 Å². The molecule has 1 amide bonds. The normalized spacial score (nSPS) is 11.2. The molecule has 1 heterocycles. The Labute approximate surface area is 120 Å². The zero-order valence-corrected chi connectivity index (χ0v) is 12.9. The minimum absolute atomic E-state index is 0.0382. The fourth-order valence-electron chi connectivity index (χ4n) is 1.44. The van der Waals surface area contributed by atoms with Crippen LogP contribution < -0.4 is 10.1 Å². The fraction of sp³-hybridized carbons (Fsp3) is 0.600. The number of pyridine rings is 1. The highest BCUT2D eigenvalue weighted by molar-refractivity contribution is 5.94. The van der Waals surface area contributed by atoms with E-state index >= 15 is 0 Å². The van der Waals surface area contributed by atoms with Crippen LogP contribution in [0.1, 0.15) is 33.3 Å². The first-order valence-corrected chi connectivity index (χ1v) is 6.83. The molecule has 0 aliphatic heterocycles. The molecular formula is C15H24N2O3. The standard InChI is InChI=1S/C15H24N2O3/c1-6-19-7-8-20-13-11(2)9-12(10-16-13)17-14(18)15(3,4)5/h9-10H,6-8H2,1-5H3,(H,17,18). The average molecular weight is 280 g/mol. The number of ether oxygens (including phenoxy) is 2. The minimum atomic E-state index is -0.430. The number of nitrogens with zero attached hydrogens (tertiary/aromatic N) is 1. The largest absolute Gasteiger partial charge is 0.475 e. The van der Waals surface area contributed by atoms with Gasteiger partial charge in [-0.15, -0.1) is 0 Å². The van der Waals surface area contributed by atoms with Gasteiger partial charge in [0.25, 0.3) is 0 Å². The molecule has 0 atom stereocenters. The Bertz CT molecular complexity index is 453. The maximum Gasteiger partial charge on any atom is 0.229 e. The number of anilines is 1. The predicted molar refractivity (Wildman–Crippen MR) is 79.0 cm³/mol. The third-order valence-corrected chi connectivity index (χ3v) is 2.64. The molecule has 0 aliphatic rings. The highest BCUT2D eigenvalue weighted by atomic mass is 16.5.